The van der Waals surface area contributed by atoms with E-state index in [1.165, 1.54) is 12.1 Å². The van der Waals surface area contributed by atoms with Gasteiger partial charge in [-0.15, -0.1) is 0 Å². The lowest BCUT2D eigenvalue weighted by atomic mass is 9.91. The van der Waals surface area contributed by atoms with Crippen LogP contribution in [0.5, 0.6) is 5.75 Å². The summed E-state index contributed by atoms with van der Waals surface area (Å²) in [6, 6.07) is 4.75. The molecule has 0 aliphatic carbocycles. The monoisotopic (exact) mass is 333 g/mol. The molecule has 2 unspecified atom stereocenters. The van der Waals surface area contributed by atoms with E-state index < -0.39 is 17.7 Å². The lowest BCUT2D eigenvalue weighted by Gasteiger charge is -2.18. The number of ether oxygens (including phenoxy) is 1. The fraction of sp³-hybridized carbons (Fsp3) is 0.562. The molecular weight excluding hydrogens is 311 g/mol. The van der Waals surface area contributed by atoms with E-state index in [0.717, 1.165) is 12.1 Å². The zero-order valence-corrected chi connectivity index (χ0v) is 13.0. The van der Waals surface area contributed by atoms with Crippen LogP contribution in [0.25, 0.3) is 0 Å². The average molecular weight is 333 g/mol. The van der Waals surface area contributed by atoms with Crippen molar-refractivity contribution in [3.05, 3.63) is 29.8 Å². The summed E-state index contributed by atoms with van der Waals surface area (Å²) in [6.07, 6.45) is -3.10. The highest BCUT2D eigenvalue weighted by atomic mass is 19.4. The standard InChI is InChI=1S/C16H22F3NO3/c1-11(7-12(10-20)8-15(21)22)5-6-23-14-4-2-3-13(9-14)16(17,18)19/h2-4,9,11-12H,5-8,10,20H2,1H3,(H,21,22). The molecule has 1 aromatic rings. The summed E-state index contributed by atoms with van der Waals surface area (Å²) in [5, 5.41) is 8.77. The Labute approximate surface area is 133 Å². The van der Waals surface area contributed by atoms with Crippen LogP contribution in [0.1, 0.15) is 31.7 Å². The molecule has 0 aliphatic rings. The Bertz CT molecular complexity index is 506. The van der Waals surface area contributed by atoms with Crippen LogP contribution >= 0.6 is 0 Å². The SMILES string of the molecule is CC(CCOc1cccc(C(F)(F)F)c1)CC(CN)CC(=O)O. The molecule has 23 heavy (non-hydrogen) atoms. The van der Waals surface area contributed by atoms with Crippen molar-refractivity contribution in [2.45, 2.75) is 32.4 Å². The second kappa shape index (κ2) is 8.76. The van der Waals surface area contributed by atoms with Crippen LogP contribution in [0.3, 0.4) is 0 Å². The molecule has 0 aliphatic heterocycles. The van der Waals surface area contributed by atoms with Crippen LogP contribution in [0, 0.1) is 11.8 Å². The predicted octanol–water partition coefficient (Wildman–Crippen LogP) is 3.55. The smallest absolute Gasteiger partial charge is 0.416 e. The fourth-order valence-corrected chi connectivity index (χ4v) is 2.34. The molecular formula is C16H22F3NO3. The van der Waals surface area contributed by atoms with Crippen LogP contribution in [0.15, 0.2) is 24.3 Å². The normalized spacial score (nSPS) is 14.3. The molecule has 0 aromatic heterocycles. The number of carboxylic acids is 1. The fourth-order valence-electron chi connectivity index (χ4n) is 2.34. The molecule has 4 nitrogen and oxygen atoms in total. The highest BCUT2D eigenvalue weighted by Crippen LogP contribution is 2.31. The molecule has 0 radical (unpaired) electrons. The van der Waals surface area contributed by atoms with Crippen molar-refractivity contribution in [1.82, 2.24) is 0 Å². The number of carboxylic acid groups (broad SMARTS) is 1. The van der Waals surface area contributed by atoms with Crippen LogP contribution in [0.2, 0.25) is 0 Å². The molecule has 130 valence electrons. The molecule has 7 heteroatoms. The Morgan fingerprint density at radius 1 is 1.39 bits per heavy atom. The second-order valence-corrected chi connectivity index (χ2v) is 5.70. The van der Waals surface area contributed by atoms with Gasteiger partial charge in [0.1, 0.15) is 5.75 Å². The summed E-state index contributed by atoms with van der Waals surface area (Å²) in [7, 11) is 0. The summed E-state index contributed by atoms with van der Waals surface area (Å²) in [5.41, 5.74) is 4.80. The predicted molar refractivity (Wildman–Crippen MR) is 80.1 cm³/mol. The van der Waals surface area contributed by atoms with Crippen LogP contribution in [-0.2, 0) is 11.0 Å². The van der Waals surface area contributed by atoms with Crippen molar-refractivity contribution in [2.24, 2.45) is 17.6 Å². The molecule has 2 atom stereocenters. The van der Waals surface area contributed by atoms with E-state index in [0.29, 0.717) is 19.4 Å². The number of alkyl halides is 3. The van der Waals surface area contributed by atoms with E-state index in [1.54, 1.807) is 0 Å². The third kappa shape index (κ3) is 7.36. The van der Waals surface area contributed by atoms with Crippen molar-refractivity contribution >= 4 is 5.97 Å². The van der Waals surface area contributed by atoms with Gasteiger partial charge in [0.2, 0.25) is 0 Å². The number of hydrogen-bond donors (Lipinski definition) is 2. The first kappa shape index (κ1) is 19.3. The summed E-state index contributed by atoms with van der Waals surface area (Å²) >= 11 is 0. The van der Waals surface area contributed by atoms with Crippen LogP contribution in [0.4, 0.5) is 13.2 Å². The topological polar surface area (TPSA) is 72.5 Å². The van der Waals surface area contributed by atoms with Crippen molar-refractivity contribution in [2.75, 3.05) is 13.2 Å². The molecule has 3 N–H and O–H groups in total. The molecule has 1 aromatic carbocycles. The van der Waals surface area contributed by atoms with Crippen molar-refractivity contribution in [1.29, 1.82) is 0 Å². The van der Waals surface area contributed by atoms with Crippen molar-refractivity contribution < 1.29 is 27.8 Å². The number of benzene rings is 1. The first-order chi connectivity index (χ1) is 10.7. The van der Waals surface area contributed by atoms with Gasteiger partial charge in [-0.3, -0.25) is 4.79 Å². The number of hydrogen-bond acceptors (Lipinski definition) is 3. The van der Waals surface area contributed by atoms with Gasteiger partial charge >= 0.3 is 12.1 Å². The number of rotatable bonds is 9. The number of carbonyl (C=O) groups is 1. The zero-order chi connectivity index (χ0) is 17.5. The van der Waals surface area contributed by atoms with Gasteiger partial charge in [-0.05, 0) is 49.4 Å². The minimum Gasteiger partial charge on any atom is -0.494 e. The molecule has 0 saturated carbocycles. The Hall–Kier alpha value is -1.76. The number of aliphatic carboxylic acids is 1. The first-order valence-corrected chi connectivity index (χ1v) is 7.44. The Morgan fingerprint density at radius 2 is 2.09 bits per heavy atom. The average Bonchev–Trinajstić information content (AvgIpc) is 2.45. The lowest BCUT2D eigenvalue weighted by molar-refractivity contribution is -0.138. The number of halogens is 3. The van der Waals surface area contributed by atoms with Gasteiger partial charge in [-0.1, -0.05) is 13.0 Å². The quantitative estimate of drug-likeness (QED) is 0.725. The van der Waals surface area contributed by atoms with Gasteiger partial charge in [-0.2, -0.15) is 13.2 Å². The third-order valence-electron chi connectivity index (χ3n) is 3.57. The van der Waals surface area contributed by atoms with Gasteiger partial charge in [0, 0.05) is 6.42 Å². The molecule has 0 spiro atoms. The van der Waals surface area contributed by atoms with Crippen molar-refractivity contribution in [3.8, 4) is 5.75 Å². The maximum absolute atomic E-state index is 12.6. The van der Waals surface area contributed by atoms with Crippen LogP contribution in [-0.4, -0.2) is 24.2 Å². The Kier molecular flexibility index (Phi) is 7.35. The molecule has 0 fully saturated rings. The lowest BCUT2D eigenvalue weighted by Crippen LogP contribution is -2.21. The van der Waals surface area contributed by atoms with E-state index in [-0.39, 0.29) is 30.6 Å². The maximum atomic E-state index is 12.6. The largest absolute Gasteiger partial charge is 0.494 e. The minimum absolute atomic E-state index is 0.0231. The summed E-state index contributed by atoms with van der Waals surface area (Å²) in [4.78, 5) is 10.7. The van der Waals surface area contributed by atoms with Gasteiger partial charge in [-0.25, -0.2) is 0 Å². The van der Waals surface area contributed by atoms with E-state index in [4.69, 9.17) is 15.6 Å². The highest BCUT2D eigenvalue weighted by molar-refractivity contribution is 5.67. The van der Waals surface area contributed by atoms with Gasteiger partial charge < -0.3 is 15.6 Å². The summed E-state index contributed by atoms with van der Waals surface area (Å²) < 4.78 is 43.1. The van der Waals surface area contributed by atoms with Crippen LogP contribution < -0.4 is 10.5 Å². The van der Waals surface area contributed by atoms with Gasteiger partial charge in [0.05, 0.1) is 12.2 Å². The molecule has 0 amide bonds. The van der Waals surface area contributed by atoms with E-state index in [1.807, 2.05) is 6.92 Å². The highest BCUT2D eigenvalue weighted by Gasteiger charge is 2.30. The molecule has 1 rings (SSSR count). The molecule has 0 bridgehead atoms. The van der Waals surface area contributed by atoms with E-state index >= 15 is 0 Å². The van der Waals surface area contributed by atoms with Gasteiger partial charge in [0.25, 0.3) is 0 Å². The second-order valence-electron chi connectivity index (χ2n) is 5.70. The molecule has 0 saturated heterocycles. The third-order valence-corrected chi connectivity index (χ3v) is 3.57. The maximum Gasteiger partial charge on any atom is 0.416 e. The first-order valence-electron chi connectivity index (χ1n) is 7.44. The Morgan fingerprint density at radius 3 is 2.65 bits per heavy atom. The number of nitrogens with two attached hydrogens (primary N) is 1. The van der Waals surface area contributed by atoms with E-state index in [2.05, 4.69) is 0 Å². The minimum atomic E-state index is -4.39. The Balaban J connectivity index is 2.43. The van der Waals surface area contributed by atoms with Gasteiger partial charge in [0.15, 0.2) is 0 Å². The van der Waals surface area contributed by atoms with E-state index in [9.17, 15) is 18.0 Å². The summed E-state index contributed by atoms with van der Waals surface area (Å²) in [5.74, 6) is -0.634. The molecule has 0 heterocycles. The zero-order valence-electron chi connectivity index (χ0n) is 13.0. The van der Waals surface area contributed by atoms with Crippen molar-refractivity contribution in [3.63, 3.8) is 0 Å². The summed E-state index contributed by atoms with van der Waals surface area (Å²) in [6.45, 7) is 2.51.